The van der Waals surface area contributed by atoms with Crippen LogP contribution in [0.5, 0.6) is 0 Å². The van der Waals surface area contributed by atoms with Crippen LogP contribution in [0.2, 0.25) is 0 Å². The van der Waals surface area contributed by atoms with E-state index < -0.39 is 11.9 Å². The zero-order chi connectivity index (χ0) is 14.7. The van der Waals surface area contributed by atoms with E-state index in [9.17, 15) is 9.59 Å². The van der Waals surface area contributed by atoms with Crippen molar-refractivity contribution in [2.24, 2.45) is 13.0 Å². The largest absolute Gasteiger partial charge is 0.481 e. The van der Waals surface area contributed by atoms with Gasteiger partial charge in [-0.05, 0) is 25.3 Å². The molecule has 7 nitrogen and oxygen atoms in total. The molecule has 2 unspecified atom stereocenters. The van der Waals surface area contributed by atoms with Crippen molar-refractivity contribution in [3.63, 3.8) is 0 Å². The van der Waals surface area contributed by atoms with Crippen LogP contribution in [0.4, 0.5) is 4.79 Å². The van der Waals surface area contributed by atoms with Gasteiger partial charge >= 0.3 is 12.0 Å². The lowest BCUT2D eigenvalue weighted by Gasteiger charge is -2.23. The highest BCUT2D eigenvalue weighted by Gasteiger charge is 2.37. The fraction of sp³-hybridized carbons (Fsp3) is 0.615. The topological polar surface area (TPSA) is 87.5 Å². The highest BCUT2D eigenvalue weighted by molar-refractivity contribution is 5.78. The number of nitrogens with zero attached hydrogens (tertiary/aromatic N) is 3. The number of hydrogen-bond donors (Lipinski definition) is 2. The zero-order valence-corrected chi connectivity index (χ0v) is 11.7. The molecule has 1 aromatic heterocycles. The fourth-order valence-electron chi connectivity index (χ4n) is 2.57. The molecule has 2 amide bonds. The van der Waals surface area contributed by atoms with Crippen LogP contribution >= 0.6 is 0 Å². The average Bonchev–Trinajstić information content (AvgIpc) is 2.95. The number of nitrogens with one attached hydrogen (secondary N) is 1. The third-order valence-electron chi connectivity index (χ3n) is 3.78. The molecule has 0 bridgehead atoms. The Kier molecular flexibility index (Phi) is 4.26. The summed E-state index contributed by atoms with van der Waals surface area (Å²) < 4.78 is 1.72. The summed E-state index contributed by atoms with van der Waals surface area (Å²) >= 11 is 0. The predicted molar refractivity (Wildman–Crippen MR) is 72.2 cm³/mol. The Labute approximate surface area is 117 Å². The summed E-state index contributed by atoms with van der Waals surface area (Å²) in [5.74, 6) is -1.29. The van der Waals surface area contributed by atoms with Gasteiger partial charge in [-0.1, -0.05) is 0 Å². The molecule has 0 saturated carbocycles. The van der Waals surface area contributed by atoms with Crippen LogP contribution in [-0.2, 0) is 18.3 Å². The molecule has 7 heteroatoms. The number of carboxylic acid groups (broad SMARTS) is 1. The number of hydrogen-bond acceptors (Lipinski definition) is 3. The summed E-state index contributed by atoms with van der Waals surface area (Å²) in [5.41, 5.74) is 1.06. The van der Waals surface area contributed by atoms with Crippen molar-refractivity contribution in [3.8, 4) is 0 Å². The van der Waals surface area contributed by atoms with Crippen LogP contribution in [0.25, 0.3) is 0 Å². The number of carbonyl (C=O) groups excluding carboxylic acids is 1. The minimum atomic E-state index is -0.830. The van der Waals surface area contributed by atoms with Crippen molar-refractivity contribution in [1.82, 2.24) is 20.0 Å². The minimum Gasteiger partial charge on any atom is -0.481 e. The summed E-state index contributed by atoms with van der Waals surface area (Å²) in [5, 5.41) is 15.9. The van der Waals surface area contributed by atoms with Gasteiger partial charge in [-0.15, -0.1) is 0 Å². The molecule has 1 fully saturated rings. The van der Waals surface area contributed by atoms with Crippen LogP contribution < -0.4 is 5.32 Å². The van der Waals surface area contributed by atoms with E-state index in [0.717, 1.165) is 5.56 Å². The van der Waals surface area contributed by atoms with E-state index in [1.165, 1.54) is 0 Å². The Morgan fingerprint density at radius 3 is 2.85 bits per heavy atom. The highest BCUT2D eigenvalue weighted by Crippen LogP contribution is 2.24. The Morgan fingerprint density at radius 2 is 2.30 bits per heavy atom. The van der Waals surface area contributed by atoms with Gasteiger partial charge in [0.1, 0.15) is 0 Å². The second-order valence-electron chi connectivity index (χ2n) is 5.17. The molecule has 1 saturated heterocycles. The first-order valence-electron chi connectivity index (χ1n) is 6.74. The minimum absolute atomic E-state index is 0.190. The van der Waals surface area contributed by atoms with E-state index >= 15 is 0 Å². The van der Waals surface area contributed by atoms with Gasteiger partial charge in [0.15, 0.2) is 0 Å². The molecule has 0 aromatic carbocycles. The maximum atomic E-state index is 12.0. The normalized spacial score (nSPS) is 22.0. The molecule has 2 rings (SSSR count). The molecule has 1 aliphatic heterocycles. The van der Waals surface area contributed by atoms with Gasteiger partial charge in [0, 0.05) is 32.4 Å². The van der Waals surface area contributed by atoms with Crippen LogP contribution in [0.15, 0.2) is 12.4 Å². The molecular weight excluding hydrogens is 260 g/mol. The van der Waals surface area contributed by atoms with Crippen LogP contribution in [-0.4, -0.2) is 50.9 Å². The van der Waals surface area contributed by atoms with Gasteiger partial charge in [-0.25, -0.2) is 4.79 Å². The van der Waals surface area contributed by atoms with Crippen LogP contribution in [0.1, 0.15) is 18.9 Å². The molecule has 2 N–H and O–H groups in total. The van der Waals surface area contributed by atoms with E-state index in [0.29, 0.717) is 25.9 Å². The van der Waals surface area contributed by atoms with Crippen molar-refractivity contribution < 1.29 is 14.7 Å². The van der Waals surface area contributed by atoms with E-state index in [1.807, 2.05) is 13.2 Å². The maximum Gasteiger partial charge on any atom is 0.317 e. The van der Waals surface area contributed by atoms with Gasteiger partial charge in [0.2, 0.25) is 0 Å². The van der Waals surface area contributed by atoms with E-state index in [4.69, 9.17) is 5.11 Å². The second-order valence-corrected chi connectivity index (χ2v) is 5.17. The molecule has 110 valence electrons. The van der Waals surface area contributed by atoms with Crippen molar-refractivity contribution in [3.05, 3.63) is 18.0 Å². The predicted octanol–water partition coefficient (Wildman–Crippen LogP) is 0.467. The summed E-state index contributed by atoms with van der Waals surface area (Å²) in [6.07, 6.45) is 4.91. The standard InChI is InChI=1S/C13H20N4O3/c1-9-11(12(18)19)4-6-17(9)13(20)14-5-3-10-7-15-16(2)8-10/h7-9,11H,3-6H2,1-2H3,(H,14,20)(H,18,19). The van der Waals surface area contributed by atoms with Crippen LogP contribution in [0, 0.1) is 5.92 Å². The lowest BCUT2D eigenvalue weighted by Crippen LogP contribution is -2.44. The Balaban J connectivity index is 1.79. The maximum absolute atomic E-state index is 12.0. The highest BCUT2D eigenvalue weighted by atomic mass is 16.4. The number of aryl methyl sites for hydroxylation is 1. The Morgan fingerprint density at radius 1 is 1.55 bits per heavy atom. The van der Waals surface area contributed by atoms with E-state index in [2.05, 4.69) is 10.4 Å². The molecular formula is C13H20N4O3. The third-order valence-corrected chi connectivity index (χ3v) is 3.78. The number of amides is 2. The van der Waals surface area contributed by atoms with E-state index in [1.54, 1.807) is 22.7 Å². The number of aliphatic carboxylic acids is 1. The number of likely N-dealkylation sites (tertiary alicyclic amines) is 1. The molecule has 1 aliphatic rings. The molecule has 20 heavy (non-hydrogen) atoms. The lowest BCUT2D eigenvalue weighted by atomic mass is 10.0. The van der Waals surface area contributed by atoms with E-state index in [-0.39, 0.29) is 12.1 Å². The first kappa shape index (κ1) is 14.4. The van der Waals surface area contributed by atoms with Gasteiger partial charge < -0.3 is 15.3 Å². The van der Waals surface area contributed by atoms with Crippen molar-refractivity contribution in [1.29, 1.82) is 0 Å². The first-order chi connectivity index (χ1) is 9.49. The summed E-state index contributed by atoms with van der Waals surface area (Å²) in [6.45, 7) is 2.80. The number of carbonyl (C=O) groups is 2. The van der Waals surface area contributed by atoms with Crippen molar-refractivity contribution >= 4 is 12.0 Å². The number of carboxylic acids is 1. The van der Waals surface area contributed by atoms with Crippen LogP contribution in [0.3, 0.4) is 0 Å². The van der Waals surface area contributed by atoms with Gasteiger partial charge in [0.05, 0.1) is 12.1 Å². The van der Waals surface area contributed by atoms with Gasteiger partial charge in [0.25, 0.3) is 0 Å². The Hall–Kier alpha value is -2.05. The smallest absolute Gasteiger partial charge is 0.317 e. The molecule has 2 atom stereocenters. The summed E-state index contributed by atoms with van der Waals surface area (Å²) in [4.78, 5) is 24.6. The van der Waals surface area contributed by atoms with Crippen molar-refractivity contribution in [2.75, 3.05) is 13.1 Å². The lowest BCUT2D eigenvalue weighted by molar-refractivity contribution is -0.142. The average molecular weight is 280 g/mol. The zero-order valence-electron chi connectivity index (χ0n) is 11.7. The molecule has 0 spiro atoms. The second kappa shape index (κ2) is 5.94. The summed E-state index contributed by atoms with van der Waals surface area (Å²) in [7, 11) is 1.85. The molecule has 1 aromatic rings. The summed E-state index contributed by atoms with van der Waals surface area (Å²) in [6, 6.07) is -0.448. The number of urea groups is 1. The SMILES string of the molecule is CC1C(C(=O)O)CCN1C(=O)NCCc1cnn(C)c1. The molecule has 0 radical (unpaired) electrons. The number of rotatable bonds is 4. The first-order valence-corrected chi connectivity index (χ1v) is 6.74. The van der Waals surface area contributed by atoms with Gasteiger partial charge in [-0.2, -0.15) is 5.10 Å². The third kappa shape index (κ3) is 3.09. The molecule has 2 heterocycles. The molecule has 0 aliphatic carbocycles. The number of aromatic nitrogens is 2. The quantitative estimate of drug-likeness (QED) is 0.839. The van der Waals surface area contributed by atoms with Gasteiger partial charge in [-0.3, -0.25) is 9.48 Å². The fourth-order valence-corrected chi connectivity index (χ4v) is 2.57. The Bertz CT molecular complexity index is 500. The monoisotopic (exact) mass is 280 g/mol. The van der Waals surface area contributed by atoms with Crippen molar-refractivity contribution in [2.45, 2.75) is 25.8 Å².